The van der Waals surface area contributed by atoms with Crippen molar-refractivity contribution in [2.45, 2.75) is 33.7 Å². The van der Waals surface area contributed by atoms with E-state index in [-0.39, 0.29) is 0 Å². The molecule has 2 aromatic rings. The minimum Gasteiger partial charge on any atom is -0.346 e. The molecule has 3 nitrogen and oxygen atoms in total. The van der Waals surface area contributed by atoms with Crippen molar-refractivity contribution >= 4 is 11.0 Å². The molecule has 0 aliphatic rings. The fourth-order valence-corrected chi connectivity index (χ4v) is 1.85. The Morgan fingerprint density at radius 3 is 2.94 bits per heavy atom. The first kappa shape index (κ1) is 12.1. The van der Waals surface area contributed by atoms with Gasteiger partial charge >= 0.3 is 0 Å². The number of rotatable bonds is 4. The van der Waals surface area contributed by atoms with Crippen molar-refractivity contribution < 1.29 is 0 Å². The average molecular weight is 231 g/mol. The van der Waals surface area contributed by atoms with Crippen molar-refractivity contribution in [3.05, 3.63) is 30.1 Å². The van der Waals surface area contributed by atoms with E-state index >= 15 is 0 Å². The van der Waals surface area contributed by atoms with Gasteiger partial charge in [-0.1, -0.05) is 20.8 Å². The highest BCUT2D eigenvalue weighted by Gasteiger charge is 2.09. The van der Waals surface area contributed by atoms with Crippen LogP contribution < -0.4 is 5.32 Å². The Labute approximate surface area is 103 Å². The monoisotopic (exact) mass is 231 g/mol. The Morgan fingerprint density at radius 2 is 2.18 bits per heavy atom. The van der Waals surface area contributed by atoms with Crippen LogP contribution in [0.4, 0.5) is 0 Å². The summed E-state index contributed by atoms with van der Waals surface area (Å²) in [7, 11) is 0. The average Bonchev–Trinajstić information content (AvgIpc) is 2.67. The van der Waals surface area contributed by atoms with E-state index in [1.807, 2.05) is 18.5 Å². The molecule has 0 spiro atoms. The van der Waals surface area contributed by atoms with Crippen molar-refractivity contribution in [1.29, 1.82) is 0 Å². The molecule has 3 heteroatoms. The third-order valence-electron chi connectivity index (χ3n) is 2.90. The zero-order valence-electron chi connectivity index (χ0n) is 10.9. The molecule has 0 radical (unpaired) electrons. The van der Waals surface area contributed by atoms with E-state index in [1.165, 1.54) is 17.4 Å². The third kappa shape index (κ3) is 3.30. The summed E-state index contributed by atoms with van der Waals surface area (Å²) < 4.78 is 0. The minimum atomic E-state index is 0.398. The van der Waals surface area contributed by atoms with Gasteiger partial charge in [0.2, 0.25) is 0 Å². The van der Waals surface area contributed by atoms with Gasteiger partial charge in [-0.15, -0.1) is 0 Å². The van der Waals surface area contributed by atoms with Crippen molar-refractivity contribution in [3.8, 4) is 0 Å². The van der Waals surface area contributed by atoms with Crippen LogP contribution in [-0.2, 0) is 6.54 Å². The number of hydrogen-bond donors (Lipinski definition) is 2. The van der Waals surface area contributed by atoms with E-state index in [0.29, 0.717) is 5.41 Å². The molecule has 0 aliphatic heterocycles. The van der Waals surface area contributed by atoms with Crippen LogP contribution in [0.15, 0.2) is 24.5 Å². The van der Waals surface area contributed by atoms with Gasteiger partial charge in [-0.25, -0.2) is 4.98 Å². The zero-order chi connectivity index (χ0) is 12.3. The molecular weight excluding hydrogens is 210 g/mol. The highest BCUT2D eigenvalue weighted by Crippen LogP contribution is 2.18. The lowest BCUT2D eigenvalue weighted by molar-refractivity contribution is 0.367. The van der Waals surface area contributed by atoms with Gasteiger partial charge in [-0.05, 0) is 36.1 Å². The van der Waals surface area contributed by atoms with Gasteiger partial charge < -0.3 is 10.3 Å². The second kappa shape index (κ2) is 4.88. The van der Waals surface area contributed by atoms with Crippen LogP contribution in [0, 0.1) is 5.41 Å². The molecule has 92 valence electrons. The number of H-pyrrole nitrogens is 1. The lowest BCUT2D eigenvalue weighted by atomic mass is 9.92. The van der Waals surface area contributed by atoms with Crippen LogP contribution in [-0.4, -0.2) is 16.5 Å². The minimum absolute atomic E-state index is 0.398. The molecular formula is C14H21N3. The predicted octanol–water partition coefficient (Wildman–Crippen LogP) is 3.09. The summed E-state index contributed by atoms with van der Waals surface area (Å²) in [5.74, 6) is 0. The second-order valence-electron chi connectivity index (χ2n) is 5.70. The van der Waals surface area contributed by atoms with E-state index < -0.39 is 0 Å². The van der Waals surface area contributed by atoms with E-state index in [2.05, 4.69) is 42.1 Å². The summed E-state index contributed by atoms with van der Waals surface area (Å²) in [5.41, 5.74) is 2.66. The zero-order valence-corrected chi connectivity index (χ0v) is 10.9. The van der Waals surface area contributed by atoms with Gasteiger partial charge in [-0.3, -0.25) is 0 Å². The van der Waals surface area contributed by atoms with Gasteiger partial charge in [0, 0.05) is 24.3 Å². The van der Waals surface area contributed by atoms with Crippen molar-refractivity contribution in [2.75, 3.05) is 6.54 Å². The Balaban J connectivity index is 1.91. The van der Waals surface area contributed by atoms with Crippen LogP contribution in [0.1, 0.15) is 32.8 Å². The van der Waals surface area contributed by atoms with Crippen LogP contribution in [0.25, 0.3) is 11.0 Å². The van der Waals surface area contributed by atoms with Crippen molar-refractivity contribution in [1.82, 2.24) is 15.3 Å². The molecule has 2 aromatic heterocycles. The van der Waals surface area contributed by atoms with Gasteiger partial charge in [0.05, 0.1) is 0 Å². The Hall–Kier alpha value is -1.35. The van der Waals surface area contributed by atoms with Crippen LogP contribution in [0.2, 0.25) is 0 Å². The molecule has 0 saturated heterocycles. The summed E-state index contributed by atoms with van der Waals surface area (Å²) in [6.07, 6.45) is 5.05. The fraction of sp³-hybridized carbons (Fsp3) is 0.500. The summed E-state index contributed by atoms with van der Waals surface area (Å²) >= 11 is 0. The number of fused-ring (bicyclic) bond motifs is 1. The summed E-state index contributed by atoms with van der Waals surface area (Å²) in [4.78, 5) is 7.48. The third-order valence-corrected chi connectivity index (χ3v) is 2.90. The molecule has 2 heterocycles. The molecule has 17 heavy (non-hydrogen) atoms. The number of hydrogen-bond acceptors (Lipinski definition) is 2. The van der Waals surface area contributed by atoms with Crippen molar-refractivity contribution in [2.24, 2.45) is 5.41 Å². The second-order valence-corrected chi connectivity index (χ2v) is 5.70. The summed E-state index contributed by atoms with van der Waals surface area (Å²) in [5, 5.41) is 4.71. The first-order valence-electron chi connectivity index (χ1n) is 6.18. The Kier molecular flexibility index (Phi) is 3.48. The maximum absolute atomic E-state index is 4.29. The molecule has 2 rings (SSSR count). The standard InChI is InChI=1S/C14H21N3/c1-14(2,3)6-8-15-9-11-10-17-13-12(11)5-4-7-16-13/h4-5,7,10,15H,6,8-9H2,1-3H3,(H,16,17). The highest BCUT2D eigenvalue weighted by molar-refractivity contribution is 5.79. The molecule has 0 aromatic carbocycles. The first-order chi connectivity index (χ1) is 8.06. The topological polar surface area (TPSA) is 40.7 Å². The van der Waals surface area contributed by atoms with E-state index in [1.54, 1.807) is 0 Å². The summed E-state index contributed by atoms with van der Waals surface area (Å²) in [6.45, 7) is 8.76. The van der Waals surface area contributed by atoms with Gasteiger partial charge in [-0.2, -0.15) is 0 Å². The highest BCUT2D eigenvalue weighted by atomic mass is 14.9. The summed E-state index contributed by atoms with van der Waals surface area (Å²) in [6, 6.07) is 4.09. The SMILES string of the molecule is CC(C)(C)CCNCc1c[nH]c2ncccc12. The number of aromatic amines is 1. The molecule has 0 saturated carbocycles. The molecule has 0 unspecified atom stereocenters. The lowest BCUT2D eigenvalue weighted by Crippen LogP contribution is -2.20. The molecule has 0 fully saturated rings. The number of pyridine rings is 1. The van der Waals surface area contributed by atoms with Crippen LogP contribution in [0.5, 0.6) is 0 Å². The van der Waals surface area contributed by atoms with Crippen LogP contribution in [0.3, 0.4) is 0 Å². The number of nitrogens with zero attached hydrogens (tertiary/aromatic N) is 1. The Bertz CT molecular complexity index is 479. The smallest absolute Gasteiger partial charge is 0.137 e. The molecule has 0 amide bonds. The normalized spacial score (nSPS) is 12.2. The molecule has 2 N–H and O–H groups in total. The van der Waals surface area contributed by atoms with E-state index in [4.69, 9.17) is 0 Å². The van der Waals surface area contributed by atoms with Gasteiger partial charge in [0.1, 0.15) is 5.65 Å². The maximum atomic E-state index is 4.29. The molecule has 0 aliphatic carbocycles. The number of aromatic nitrogens is 2. The Morgan fingerprint density at radius 1 is 1.35 bits per heavy atom. The van der Waals surface area contributed by atoms with Crippen LogP contribution >= 0.6 is 0 Å². The van der Waals surface area contributed by atoms with E-state index in [0.717, 1.165) is 18.7 Å². The quantitative estimate of drug-likeness (QED) is 0.794. The fourth-order valence-electron chi connectivity index (χ4n) is 1.85. The molecule has 0 atom stereocenters. The first-order valence-corrected chi connectivity index (χ1v) is 6.18. The van der Waals surface area contributed by atoms with E-state index in [9.17, 15) is 0 Å². The predicted molar refractivity (Wildman–Crippen MR) is 71.9 cm³/mol. The maximum Gasteiger partial charge on any atom is 0.137 e. The van der Waals surface area contributed by atoms with Gasteiger partial charge in [0.25, 0.3) is 0 Å². The number of nitrogens with one attached hydrogen (secondary N) is 2. The lowest BCUT2D eigenvalue weighted by Gasteiger charge is -2.17. The largest absolute Gasteiger partial charge is 0.346 e. The molecule has 0 bridgehead atoms. The van der Waals surface area contributed by atoms with Crippen molar-refractivity contribution in [3.63, 3.8) is 0 Å². The van der Waals surface area contributed by atoms with Gasteiger partial charge in [0.15, 0.2) is 0 Å².